The van der Waals surface area contributed by atoms with Crippen LogP contribution in [0, 0.1) is 3.57 Å². The summed E-state index contributed by atoms with van der Waals surface area (Å²) in [6, 6.07) is 4.27. The quantitative estimate of drug-likeness (QED) is 0.425. The second-order valence-corrected chi connectivity index (χ2v) is 9.15. The van der Waals surface area contributed by atoms with Crippen molar-refractivity contribution >= 4 is 40.3 Å². The minimum absolute atomic E-state index is 0.158. The molecule has 3 rings (SSSR count). The van der Waals surface area contributed by atoms with E-state index >= 15 is 0 Å². The van der Waals surface area contributed by atoms with Crippen molar-refractivity contribution in [3.05, 3.63) is 27.5 Å². The van der Waals surface area contributed by atoms with Crippen LogP contribution in [0.1, 0.15) is 57.4 Å². The normalized spacial score (nSPS) is 14.5. The molecular formula is C22H30IN5O3. The Bertz CT molecular complexity index is 916. The van der Waals surface area contributed by atoms with Gasteiger partial charge in [-0.15, -0.1) is 0 Å². The maximum absolute atomic E-state index is 12.2. The number of methoxy groups -OCH3 is 1. The van der Waals surface area contributed by atoms with E-state index in [9.17, 15) is 4.79 Å². The van der Waals surface area contributed by atoms with Gasteiger partial charge in [-0.25, -0.2) is 4.98 Å². The van der Waals surface area contributed by atoms with Crippen LogP contribution in [0.3, 0.4) is 0 Å². The fraction of sp³-hybridized carbons (Fsp3) is 0.500. The van der Waals surface area contributed by atoms with Gasteiger partial charge in [0.15, 0.2) is 11.6 Å². The Hall–Kier alpha value is -2.14. The van der Waals surface area contributed by atoms with Gasteiger partial charge in [-0.05, 0) is 53.5 Å². The molecule has 0 spiro atoms. The Morgan fingerprint density at radius 1 is 1.23 bits per heavy atom. The van der Waals surface area contributed by atoms with Crippen LogP contribution in [0.2, 0.25) is 0 Å². The lowest BCUT2D eigenvalue weighted by Gasteiger charge is -2.22. The molecule has 1 heterocycles. The molecule has 0 unspecified atom stereocenters. The van der Waals surface area contributed by atoms with Crippen LogP contribution in [-0.2, 0) is 4.79 Å². The summed E-state index contributed by atoms with van der Waals surface area (Å²) in [7, 11) is 1.64. The number of hydrogen-bond donors (Lipinski definition) is 3. The Morgan fingerprint density at radius 2 is 1.97 bits per heavy atom. The summed E-state index contributed by atoms with van der Waals surface area (Å²) < 4.78 is 12.4. The van der Waals surface area contributed by atoms with E-state index in [1.165, 1.54) is 25.5 Å². The van der Waals surface area contributed by atoms with Gasteiger partial charge in [0.25, 0.3) is 0 Å². The molecule has 0 atom stereocenters. The highest BCUT2D eigenvalue weighted by Crippen LogP contribution is 2.37. The van der Waals surface area contributed by atoms with Crippen molar-refractivity contribution in [3.8, 4) is 17.2 Å². The van der Waals surface area contributed by atoms with Gasteiger partial charge < -0.3 is 20.5 Å². The SMILES string of the molecule is COc1cc(C(C)C)c(Oc2cnc(NC(=O)CNC3CCCCC3)nc2N)cc1I. The average Bonchev–Trinajstić information content (AvgIpc) is 2.75. The van der Waals surface area contributed by atoms with Crippen molar-refractivity contribution in [1.29, 1.82) is 0 Å². The third-order valence-electron chi connectivity index (χ3n) is 5.32. The molecule has 1 fully saturated rings. The van der Waals surface area contributed by atoms with Gasteiger partial charge >= 0.3 is 0 Å². The van der Waals surface area contributed by atoms with Gasteiger partial charge in [0.05, 0.1) is 23.4 Å². The van der Waals surface area contributed by atoms with E-state index in [2.05, 4.69) is 57.0 Å². The highest BCUT2D eigenvalue weighted by atomic mass is 127. The molecule has 1 saturated carbocycles. The molecule has 9 heteroatoms. The molecule has 0 saturated heterocycles. The molecule has 0 radical (unpaired) electrons. The molecule has 1 aromatic carbocycles. The first-order valence-electron chi connectivity index (χ1n) is 10.6. The molecule has 168 valence electrons. The monoisotopic (exact) mass is 539 g/mol. The predicted molar refractivity (Wildman–Crippen MR) is 130 cm³/mol. The first-order chi connectivity index (χ1) is 14.9. The topological polar surface area (TPSA) is 111 Å². The number of nitrogen functional groups attached to an aromatic ring is 1. The number of rotatable bonds is 8. The minimum Gasteiger partial charge on any atom is -0.496 e. The Labute approximate surface area is 196 Å². The highest BCUT2D eigenvalue weighted by Gasteiger charge is 2.17. The van der Waals surface area contributed by atoms with Gasteiger partial charge in [0.2, 0.25) is 11.9 Å². The lowest BCUT2D eigenvalue weighted by molar-refractivity contribution is -0.115. The smallest absolute Gasteiger partial charge is 0.240 e. The number of aromatic nitrogens is 2. The van der Waals surface area contributed by atoms with E-state index in [4.69, 9.17) is 15.2 Å². The summed E-state index contributed by atoms with van der Waals surface area (Å²) in [6.07, 6.45) is 7.42. The molecule has 8 nitrogen and oxygen atoms in total. The summed E-state index contributed by atoms with van der Waals surface area (Å²) in [5, 5.41) is 5.99. The first-order valence-corrected chi connectivity index (χ1v) is 11.7. The molecule has 31 heavy (non-hydrogen) atoms. The van der Waals surface area contributed by atoms with E-state index in [-0.39, 0.29) is 30.1 Å². The van der Waals surface area contributed by atoms with Gasteiger partial charge in [0.1, 0.15) is 11.5 Å². The molecule has 1 aromatic heterocycles. The number of benzene rings is 1. The van der Waals surface area contributed by atoms with Crippen molar-refractivity contribution < 1.29 is 14.3 Å². The number of nitrogens with two attached hydrogens (primary N) is 1. The second kappa shape index (κ2) is 10.9. The molecular weight excluding hydrogens is 509 g/mol. The first kappa shape index (κ1) is 23.5. The van der Waals surface area contributed by atoms with E-state index in [0.717, 1.165) is 27.7 Å². The molecule has 1 aliphatic carbocycles. The molecule has 4 N–H and O–H groups in total. The number of carbonyl (C=O) groups is 1. The maximum atomic E-state index is 12.2. The molecule has 1 amide bonds. The minimum atomic E-state index is -0.189. The summed E-state index contributed by atoms with van der Waals surface area (Å²) in [5.41, 5.74) is 7.08. The zero-order chi connectivity index (χ0) is 22.4. The maximum Gasteiger partial charge on any atom is 0.240 e. The van der Waals surface area contributed by atoms with Crippen LogP contribution in [0.15, 0.2) is 18.3 Å². The molecule has 1 aliphatic rings. The fourth-order valence-electron chi connectivity index (χ4n) is 3.60. The van der Waals surface area contributed by atoms with Gasteiger partial charge in [-0.2, -0.15) is 4.98 Å². The van der Waals surface area contributed by atoms with Crippen LogP contribution in [0.4, 0.5) is 11.8 Å². The zero-order valence-electron chi connectivity index (χ0n) is 18.2. The highest BCUT2D eigenvalue weighted by molar-refractivity contribution is 14.1. The standard InChI is InChI=1S/C22H30IN5O3/c1-13(2)15-9-18(30-3)16(23)10-17(15)31-19-11-26-22(28-21(19)24)27-20(29)12-25-14-7-5-4-6-8-14/h9-11,13-14,25H,4-8,12H2,1-3H3,(H3,24,26,27,28,29). The molecule has 0 bridgehead atoms. The number of anilines is 2. The van der Waals surface area contributed by atoms with E-state index in [1.54, 1.807) is 7.11 Å². The van der Waals surface area contributed by atoms with Crippen molar-refractivity contribution in [3.63, 3.8) is 0 Å². The summed E-state index contributed by atoms with van der Waals surface area (Å²) in [4.78, 5) is 20.6. The lowest BCUT2D eigenvalue weighted by Crippen LogP contribution is -2.37. The zero-order valence-corrected chi connectivity index (χ0v) is 20.4. The largest absolute Gasteiger partial charge is 0.496 e. The van der Waals surface area contributed by atoms with E-state index < -0.39 is 0 Å². The summed E-state index contributed by atoms with van der Waals surface area (Å²) >= 11 is 2.20. The number of amides is 1. The lowest BCUT2D eigenvalue weighted by atomic mass is 9.95. The van der Waals surface area contributed by atoms with Crippen molar-refractivity contribution in [1.82, 2.24) is 15.3 Å². The van der Waals surface area contributed by atoms with E-state index in [0.29, 0.717) is 17.5 Å². The van der Waals surface area contributed by atoms with Gasteiger partial charge in [0, 0.05) is 11.6 Å². The molecule has 2 aromatic rings. The van der Waals surface area contributed by atoms with Crippen molar-refractivity contribution in [2.45, 2.75) is 57.9 Å². The van der Waals surface area contributed by atoms with Crippen molar-refractivity contribution in [2.75, 3.05) is 24.7 Å². The number of ether oxygens (including phenoxy) is 2. The predicted octanol–water partition coefficient (Wildman–Crippen LogP) is 4.45. The Morgan fingerprint density at radius 3 is 2.61 bits per heavy atom. The molecule has 0 aliphatic heterocycles. The van der Waals surface area contributed by atoms with Gasteiger partial charge in [-0.3, -0.25) is 10.1 Å². The number of nitrogens with one attached hydrogen (secondary N) is 2. The van der Waals surface area contributed by atoms with Gasteiger partial charge in [-0.1, -0.05) is 33.1 Å². The number of nitrogens with zero attached hydrogens (tertiary/aromatic N) is 2. The Kier molecular flexibility index (Phi) is 8.30. The van der Waals surface area contributed by atoms with Crippen LogP contribution in [0.25, 0.3) is 0 Å². The van der Waals surface area contributed by atoms with Crippen LogP contribution in [0.5, 0.6) is 17.2 Å². The van der Waals surface area contributed by atoms with Crippen molar-refractivity contribution in [2.24, 2.45) is 0 Å². The summed E-state index contributed by atoms with van der Waals surface area (Å²) in [5.74, 6) is 2.15. The van der Waals surface area contributed by atoms with Crippen LogP contribution >= 0.6 is 22.6 Å². The van der Waals surface area contributed by atoms with Crippen LogP contribution < -0.4 is 25.8 Å². The Balaban J connectivity index is 1.65. The van der Waals surface area contributed by atoms with E-state index in [1.807, 2.05) is 12.1 Å². The third kappa shape index (κ3) is 6.42. The number of halogens is 1. The second-order valence-electron chi connectivity index (χ2n) is 7.99. The number of carbonyl (C=O) groups excluding carboxylic acids is 1. The third-order valence-corrected chi connectivity index (χ3v) is 6.16. The fourth-order valence-corrected chi connectivity index (χ4v) is 4.26. The summed E-state index contributed by atoms with van der Waals surface area (Å²) in [6.45, 7) is 4.39. The van der Waals surface area contributed by atoms with Crippen LogP contribution in [-0.4, -0.2) is 35.6 Å². The number of hydrogen-bond acceptors (Lipinski definition) is 7. The average molecular weight is 539 g/mol.